The summed E-state index contributed by atoms with van der Waals surface area (Å²) in [6, 6.07) is 20.8. The van der Waals surface area contributed by atoms with Gasteiger partial charge in [0.05, 0.1) is 12.1 Å². The summed E-state index contributed by atoms with van der Waals surface area (Å²) < 4.78 is 11.3. The molecule has 0 saturated carbocycles. The van der Waals surface area contributed by atoms with E-state index in [2.05, 4.69) is 5.32 Å². The van der Waals surface area contributed by atoms with E-state index in [0.29, 0.717) is 36.0 Å². The lowest BCUT2D eigenvalue weighted by atomic mass is 9.97. The number of carbonyl (C=O) groups is 2. The van der Waals surface area contributed by atoms with Crippen molar-refractivity contribution in [1.82, 2.24) is 4.90 Å². The number of rotatable bonds is 5. The second kappa shape index (κ2) is 8.47. The van der Waals surface area contributed by atoms with Crippen LogP contribution in [0.3, 0.4) is 0 Å². The van der Waals surface area contributed by atoms with Crippen molar-refractivity contribution in [2.75, 3.05) is 18.5 Å². The van der Waals surface area contributed by atoms with E-state index in [9.17, 15) is 9.59 Å². The predicted molar refractivity (Wildman–Crippen MR) is 126 cm³/mol. The van der Waals surface area contributed by atoms with Crippen molar-refractivity contribution in [3.63, 3.8) is 0 Å². The molecule has 0 aromatic heterocycles. The SMILES string of the molecule is Cc1ccc(C2=C(Nc3ccc4c(c3)OCCO4)C(=O)N(Cc3ccccc3)C2=O)c(C)c1. The maximum absolute atomic E-state index is 13.6. The van der Waals surface area contributed by atoms with E-state index in [1.54, 1.807) is 12.1 Å². The molecule has 0 atom stereocenters. The molecule has 0 fully saturated rings. The molecule has 2 amide bonds. The average molecular weight is 440 g/mol. The highest BCUT2D eigenvalue weighted by Crippen LogP contribution is 2.36. The number of aryl methyl sites for hydroxylation is 2. The van der Waals surface area contributed by atoms with Crippen molar-refractivity contribution in [2.24, 2.45) is 0 Å². The lowest BCUT2D eigenvalue weighted by Crippen LogP contribution is -2.32. The Kier molecular flexibility index (Phi) is 5.34. The fourth-order valence-corrected chi connectivity index (χ4v) is 4.21. The van der Waals surface area contributed by atoms with Crippen LogP contribution >= 0.6 is 0 Å². The highest BCUT2D eigenvalue weighted by atomic mass is 16.6. The Balaban J connectivity index is 1.56. The first-order valence-corrected chi connectivity index (χ1v) is 10.9. The van der Waals surface area contributed by atoms with E-state index < -0.39 is 0 Å². The van der Waals surface area contributed by atoms with Crippen molar-refractivity contribution >= 4 is 23.1 Å². The number of hydrogen-bond donors (Lipinski definition) is 1. The maximum atomic E-state index is 13.6. The van der Waals surface area contributed by atoms with Crippen molar-refractivity contribution < 1.29 is 19.1 Å². The molecule has 0 radical (unpaired) electrons. The number of nitrogens with zero attached hydrogens (tertiary/aromatic N) is 1. The van der Waals surface area contributed by atoms with Gasteiger partial charge in [0.2, 0.25) is 0 Å². The summed E-state index contributed by atoms with van der Waals surface area (Å²) in [5, 5.41) is 3.21. The molecule has 1 N–H and O–H groups in total. The summed E-state index contributed by atoms with van der Waals surface area (Å²) in [5.41, 5.74) is 4.96. The van der Waals surface area contributed by atoms with Crippen molar-refractivity contribution in [1.29, 1.82) is 0 Å². The fourth-order valence-electron chi connectivity index (χ4n) is 4.21. The first-order valence-electron chi connectivity index (χ1n) is 10.9. The zero-order valence-electron chi connectivity index (χ0n) is 18.6. The number of benzene rings is 3. The molecule has 3 aromatic rings. The average Bonchev–Trinajstić information content (AvgIpc) is 3.04. The van der Waals surface area contributed by atoms with Gasteiger partial charge in [-0.25, -0.2) is 0 Å². The highest BCUT2D eigenvalue weighted by Gasteiger charge is 2.39. The number of amides is 2. The summed E-state index contributed by atoms with van der Waals surface area (Å²) in [6.45, 7) is 5.13. The van der Waals surface area contributed by atoms with Gasteiger partial charge in [-0.05, 0) is 42.7 Å². The molecule has 2 aliphatic heterocycles. The van der Waals surface area contributed by atoms with Crippen LogP contribution in [0.5, 0.6) is 11.5 Å². The summed E-state index contributed by atoms with van der Waals surface area (Å²) >= 11 is 0. The zero-order chi connectivity index (χ0) is 22.9. The van der Waals surface area contributed by atoms with E-state index in [-0.39, 0.29) is 24.1 Å². The van der Waals surface area contributed by atoms with Gasteiger partial charge in [0.25, 0.3) is 11.8 Å². The molecule has 0 aliphatic carbocycles. The fraction of sp³-hybridized carbons (Fsp3) is 0.185. The summed E-state index contributed by atoms with van der Waals surface area (Å²) in [6.07, 6.45) is 0. The smallest absolute Gasteiger partial charge is 0.278 e. The van der Waals surface area contributed by atoms with Gasteiger partial charge in [0, 0.05) is 11.8 Å². The summed E-state index contributed by atoms with van der Waals surface area (Å²) in [7, 11) is 0. The van der Waals surface area contributed by atoms with Gasteiger partial charge in [0.15, 0.2) is 11.5 Å². The van der Waals surface area contributed by atoms with E-state index in [1.807, 2.05) is 68.4 Å². The molecular weight excluding hydrogens is 416 g/mol. The van der Waals surface area contributed by atoms with Gasteiger partial charge >= 0.3 is 0 Å². The quantitative estimate of drug-likeness (QED) is 0.593. The molecule has 0 spiro atoms. The number of fused-ring (bicyclic) bond motifs is 1. The molecule has 5 rings (SSSR count). The number of hydrogen-bond acceptors (Lipinski definition) is 5. The molecular formula is C27H24N2O4. The molecule has 33 heavy (non-hydrogen) atoms. The molecule has 0 saturated heterocycles. The van der Waals surface area contributed by atoms with Crippen molar-refractivity contribution in [3.8, 4) is 11.5 Å². The van der Waals surface area contributed by atoms with E-state index in [1.165, 1.54) is 4.90 Å². The van der Waals surface area contributed by atoms with Gasteiger partial charge in [-0.3, -0.25) is 14.5 Å². The van der Waals surface area contributed by atoms with Gasteiger partial charge in [0.1, 0.15) is 18.9 Å². The van der Waals surface area contributed by atoms with Crippen LogP contribution < -0.4 is 14.8 Å². The van der Waals surface area contributed by atoms with Crippen LogP contribution in [0.15, 0.2) is 72.4 Å². The Morgan fingerprint density at radius 3 is 2.36 bits per heavy atom. The van der Waals surface area contributed by atoms with Crippen LogP contribution in [0.4, 0.5) is 5.69 Å². The monoisotopic (exact) mass is 440 g/mol. The largest absolute Gasteiger partial charge is 0.486 e. The normalized spacial score (nSPS) is 15.3. The Morgan fingerprint density at radius 2 is 1.61 bits per heavy atom. The van der Waals surface area contributed by atoms with Crippen LogP contribution in [0.1, 0.15) is 22.3 Å². The lowest BCUT2D eigenvalue weighted by Gasteiger charge is -2.19. The minimum Gasteiger partial charge on any atom is -0.486 e. The summed E-state index contributed by atoms with van der Waals surface area (Å²) in [5.74, 6) is 0.609. The highest BCUT2D eigenvalue weighted by molar-refractivity contribution is 6.36. The molecule has 6 heteroatoms. The topological polar surface area (TPSA) is 67.9 Å². The lowest BCUT2D eigenvalue weighted by molar-refractivity contribution is -0.137. The molecule has 2 heterocycles. The first kappa shape index (κ1) is 20.8. The van der Waals surface area contributed by atoms with Gasteiger partial charge in [-0.1, -0.05) is 54.1 Å². The van der Waals surface area contributed by atoms with E-state index in [0.717, 1.165) is 22.3 Å². The Labute approximate surface area is 192 Å². The standard InChI is InChI=1S/C27H24N2O4/c1-17-8-10-21(18(2)14-17)24-25(28-20-9-11-22-23(15-20)33-13-12-32-22)27(31)29(26(24)30)16-19-6-4-3-5-7-19/h3-11,14-15,28H,12-13,16H2,1-2H3. The number of imide groups is 1. The predicted octanol–water partition coefficient (Wildman–Crippen LogP) is 4.47. The molecule has 3 aromatic carbocycles. The summed E-state index contributed by atoms with van der Waals surface area (Å²) in [4.78, 5) is 28.4. The van der Waals surface area contributed by atoms with Gasteiger partial charge < -0.3 is 14.8 Å². The second-order valence-electron chi connectivity index (χ2n) is 8.23. The van der Waals surface area contributed by atoms with Gasteiger partial charge in [-0.2, -0.15) is 0 Å². The molecule has 0 unspecified atom stereocenters. The minimum absolute atomic E-state index is 0.208. The van der Waals surface area contributed by atoms with E-state index >= 15 is 0 Å². The Bertz CT molecular complexity index is 1280. The molecule has 2 aliphatic rings. The number of anilines is 1. The third-order valence-electron chi connectivity index (χ3n) is 5.81. The Morgan fingerprint density at radius 1 is 0.848 bits per heavy atom. The third-order valence-corrected chi connectivity index (χ3v) is 5.81. The number of carbonyl (C=O) groups excluding carboxylic acids is 2. The van der Waals surface area contributed by atoms with Crippen molar-refractivity contribution in [2.45, 2.75) is 20.4 Å². The minimum atomic E-state index is -0.353. The van der Waals surface area contributed by atoms with Crippen LogP contribution in [-0.2, 0) is 16.1 Å². The van der Waals surface area contributed by atoms with Crippen molar-refractivity contribution in [3.05, 3.63) is 94.7 Å². The number of ether oxygens (including phenoxy) is 2. The first-order chi connectivity index (χ1) is 16.0. The molecule has 6 nitrogen and oxygen atoms in total. The van der Waals surface area contributed by atoms with Crippen LogP contribution in [0.2, 0.25) is 0 Å². The van der Waals surface area contributed by atoms with E-state index in [4.69, 9.17) is 9.47 Å². The third kappa shape index (κ3) is 3.96. The maximum Gasteiger partial charge on any atom is 0.278 e. The Hall–Kier alpha value is -4.06. The number of nitrogens with one attached hydrogen (secondary N) is 1. The molecule has 166 valence electrons. The van der Waals surface area contributed by atoms with Crippen LogP contribution in [-0.4, -0.2) is 29.9 Å². The molecule has 0 bridgehead atoms. The van der Waals surface area contributed by atoms with Crippen LogP contribution in [0, 0.1) is 13.8 Å². The van der Waals surface area contributed by atoms with Crippen LogP contribution in [0.25, 0.3) is 5.57 Å². The zero-order valence-corrected chi connectivity index (χ0v) is 18.6. The van der Waals surface area contributed by atoms with Gasteiger partial charge in [-0.15, -0.1) is 0 Å². The second-order valence-corrected chi connectivity index (χ2v) is 8.23.